The highest BCUT2D eigenvalue weighted by Crippen LogP contribution is 2.20. The molecule has 0 saturated heterocycles. The molecular weight excluding hydrogens is 244 g/mol. The first-order valence-electron chi connectivity index (χ1n) is 6.87. The topological polar surface area (TPSA) is 56.0 Å². The predicted molar refractivity (Wildman–Crippen MR) is 79.7 cm³/mol. The first-order valence-corrected chi connectivity index (χ1v) is 8.02. The second kappa shape index (κ2) is 9.66. The number of aliphatic hydroxyl groups is 1. The molecule has 4 heteroatoms. The molecule has 0 aromatic rings. The average molecular weight is 272 g/mol. The summed E-state index contributed by atoms with van der Waals surface area (Å²) in [5.41, 5.74) is -0.364. The van der Waals surface area contributed by atoms with Crippen molar-refractivity contribution in [1.29, 1.82) is 5.26 Å². The van der Waals surface area contributed by atoms with Crippen LogP contribution < -0.4 is 5.32 Å². The lowest BCUT2D eigenvalue weighted by Crippen LogP contribution is -2.47. The van der Waals surface area contributed by atoms with Crippen LogP contribution >= 0.6 is 11.8 Å². The van der Waals surface area contributed by atoms with Crippen LogP contribution in [0.3, 0.4) is 0 Å². The van der Waals surface area contributed by atoms with E-state index in [-0.39, 0.29) is 12.1 Å². The maximum absolute atomic E-state index is 9.36. The van der Waals surface area contributed by atoms with E-state index in [1.54, 1.807) is 0 Å². The van der Waals surface area contributed by atoms with Gasteiger partial charge in [0.2, 0.25) is 0 Å². The monoisotopic (exact) mass is 272 g/mol. The third-order valence-corrected chi connectivity index (χ3v) is 4.37. The Kier molecular flexibility index (Phi) is 9.53. The smallest absolute Gasteiger partial charge is 0.106 e. The van der Waals surface area contributed by atoms with Crippen LogP contribution in [-0.4, -0.2) is 34.8 Å². The molecule has 0 saturated carbocycles. The highest BCUT2D eigenvalue weighted by atomic mass is 32.2. The number of nitriles is 1. The van der Waals surface area contributed by atoms with Crippen LogP contribution in [-0.2, 0) is 0 Å². The van der Waals surface area contributed by atoms with Crippen LogP contribution in [0, 0.1) is 17.2 Å². The summed E-state index contributed by atoms with van der Waals surface area (Å²) in [6.45, 7) is 8.55. The standard InChI is InChI=1S/C14H28N2OS/c1-5-14(11-15,16-12(2)3)7-6-8-18-10-13(4)9-17/h12-13,16-17H,5-10H2,1-4H3. The lowest BCUT2D eigenvalue weighted by Gasteiger charge is -2.29. The fourth-order valence-electron chi connectivity index (χ4n) is 1.88. The number of nitrogens with one attached hydrogen (secondary N) is 1. The molecule has 2 N–H and O–H groups in total. The summed E-state index contributed by atoms with van der Waals surface area (Å²) < 4.78 is 0. The molecule has 0 fully saturated rings. The van der Waals surface area contributed by atoms with Gasteiger partial charge in [0, 0.05) is 12.6 Å². The minimum Gasteiger partial charge on any atom is -0.396 e. The number of hydrogen-bond donors (Lipinski definition) is 2. The minimum atomic E-state index is -0.364. The van der Waals surface area contributed by atoms with Gasteiger partial charge in [-0.05, 0) is 50.5 Å². The highest BCUT2D eigenvalue weighted by molar-refractivity contribution is 7.99. The van der Waals surface area contributed by atoms with Crippen LogP contribution in [0.4, 0.5) is 0 Å². The molecule has 0 rings (SSSR count). The van der Waals surface area contributed by atoms with Gasteiger partial charge in [-0.2, -0.15) is 17.0 Å². The first-order chi connectivity index (χ1) is 8.49. The normalized spacial score (nSPS) is 16.3. The quantitative estimate of drug-likeness (QED) is 0.600. The molecule has 0 aromatic carbocycles. The SMILES string of the molecule is CCC(C#N)(CCCSCC(C)CO)NC(C)C. The molecule has 3 nitrogen and oxygen atoms in total. The third kappa shape index (κ3) is 7.25. The Bertz CT molecular complexity index is 253. The lowest BCUT2D eigenvalue weighted by atomic mass is 9.91. The van der Waals surface area contributed by atoms with Crippen molar-refractivity contribution >= 4 is 11.8 Å². The van der Waals surface area contributed by atoms with Crippen LogP contribution in [0.1, 0.15) is 47.0 Å². The molecule has 106 valence electrons. The Balaban J connectivity index is 3.95. The minimum absolute atomic E-state index is 0.263. The number of rotatable bonds is 10. The summed E-state index contributed by atoms with van der Waals surface area (Å²) >= 11 is 1.87. The molecule has 0 aliphatic heterocycles. The van der Waals surface area contributed by atoms with Gasteiger partial charge < -0.3 is 5.11 Å². The van der Waals surface area contributed by atoms with Gasteiger partial charge in [0.05, 0.1) is 6.07 Å². The van der Waals surface area contributed by atoms with Crippen LogP contribution in [0.5, 0.6) is 0 Å². The largest absolute Gasteiger partial charge is 0.396 e. The summed E-state index contributed by atoms with van der Waals surface area (Å²) in [5, 5.41) is 21.7. The van der Waals surface area contributed by atoms with Crippen LogP contribution in [0.15, 0.2) is 0 Å². The molecule has 2 unspecified atom stereocenters. The Morgan fingerprint density at radius 1 is 1.39 bits per heavy atom. The maximum Gasteiger partial charge on any atom is 0.106 e. The molecule has 0 aromatic heterocycles. The Labute approximate surface area is 116 Å². The van der Waals surface area contributed by atoms with Crippen LogP contribution in [0.2, 0.25) is 0 Å². The van der Waals surface area contributed by atoms with E-state index < -0.39 is 0 Å². The summed E-state index contributed by atoms with van der Waals surface area (Å²) in [6, 6.07) is 2.79. The van der Waals surface area contributed by atoms with E-state index in [2.05, 4.69) is 39.1 Å². The molecule has 0 radical (unpaired) electrons. The molecule has 0 aliphatic rings. The van der Waals surface area contributed by atoms with Crippen molar-refractivity contribution in [2.24, 2.45) is 5.92 Å². The number of nitrogens with zero attached hydrogens (tertiary/aromatic N) is 1. The average Bonchev–Trinajstić information content (AvgIpc) is 2.36. The van der Waals surface area contributed by atoms with Gasteiger partial charge >= 0.3 is 0 Å². The lowest BCUT2D eigenvalue weighted by molar-refractivity contribution is 0.250. The molecule has 2 atom stereocenters. The van der Waals surface area contributed by atoms with E-state index in [4.69, 9.17) is 5.11 Å². The predicted octanol–water partition coefficient (Wildman–Crippen LogP) is 2.80. The van der Waals surface area contributed by atoms with Crippen molar-refractivity contribution in [3.63, 3.8) is 0 Å². The van der Waals surface area contributed by atoms with E-state index in [0.717, 1.165) is 30.8 Å². The Morgan fingerprint density at radius 3 is 2.50 bits per heavy atom. The van der Waals surface area contributed by atoms with Gasteiger partial charge in [-0.1, -0.05) is 13.8 Å². The molecule has 0 amide bonds. The fraction of sp³-hybridized carbons (Fsp3) is 0.929. The molecule has 0 bridgehead atoms. The molecule has 0 heterocycles. The summed E-state index contributed by atoms with van der Waals surface area (Å²) in [7, 11) is 0. The van der Waals surface area contributed by atoms with Crippen molar-refractivity contribution < 1.29 is 5.11 Å². The Morgan fingerprint density at radius 2 is 2.06 bits per heavy atom. The van der Waals surface area contributed by atoms with Crippen molar-refractivity contribution in [3.05, 3.63) is 0 Å². The zero-order valence-electron chi connectivity index (χ0n) is 12.2. The van der Waals surface area contributed by atoms with E-state index in [1.165, 1.54) is 0 Å². The molecule has 18 heavy (non-hydrogen) atoms. The zero-order valence-corrected chi connectivity index (χ0v) is 13.0. The highest BCUT2D eigenvalue weighted by Gasteiger charge is 2.27. The zero-order chi connectivity index (χ0) is 14.0. The van der Waals surface area contributed by atoms with E-state index in [9.17, 15) is 5.26 Å². The first kappa shape index (κ1) is 17.8. The third-order valence-electron chi connectivity index (χ3n) is 2.99. The van der Waals surface area contributed by atoms with Gasteiger partial charge in [-0.25, -0.2) is 0 Å². The Hall–Kier alpha value is -0.240. The van der Waals surface area contributed by atoms with Crippen LogP contribution in [0.25, 0.3) is 0 Å². The van der Waals surface area contributed by atoms with E-state index >= 15 is 0 Å². The summed E-state index contributed by atoms with van der Waals surface area (Å²) in [6.07, 6.45) is 2.79. The van der Waals surface area contributed by atoms with Gasteiger partial charge in [0.1, 0.15) is 5.54 Å². The fourth-order valence-corrected chi connectivity index (χ4v) is 2.91. The van der Waals surface area contributed by atoms with E-state index in [0.29, 0.717) is 12.0 Å². The number of aliphatic hydroxyl groups excluding tert-OH is 1. The molecule has 0 aliphatic carbocycles. The van der Waals surface area contributed by atoms with Crippen molar-refractivity contribution in [2.45, 2.75) is 58.5 Å². The second-order valence-corrected chi connectivity index (χ2v) is 6.46. The summed E-state index contributed by atoms with van der Waals surface area (Å²) in [5.74, 6) is 2.43. The number of hydrogen-bond acceptors (Lipinski definition) is 4. The number of thioether (sulfide) groups is 1. The van der Waals surface area contributed by atoms with Gasteiger partial charge in [-0.3, -0.25) is 5.32 Å². The van der Waals surface area contributed by atoms with Gasteiger partial charge in [-0.15, -0.1) is 0 Å². The van der Waals surface area contributed by atoms with E-state index in [1.807, 2.05) is 11.8 Å². The summed E-state index contributed by atoms with van der Waals surface area (Å²) in [4.78, 5) is 0. The van der Waals surface area contributed by atoms with Gasteiger partial charge in [0.25, 0.3) is 0 Å². The second-order valence-electron chi connectivity index (χ2n) is 5.31. The van der Waals surface area contributed by atoms with Crippen molar-refractivity contribution in [1.82, 2.24) is 5.32 Å². The molecular formula is C14H28N2OS. The van der Waals surface area contributed by atoms with Crippen molar-refractivity contribution in [3.8, 4) is 6.07 Å². The van der Waals surface area contributed by atoms with Crippen molar-refractivity contribution in [2.75, 3.05) is 18.1 Å². The molecule has 0 spiro atoms. The maximum atomic E-state index is 9.36. The van der Waals surface area contributed by atoms with Gasteiger partial charge in [0.15, 0.2) is 0 Å².